The molecule has 0 aliphatic heterocycles. The van der Waals surface area contributed by atoms with Crippen LogP contribution in [0.2, 0.25) is 0 Å². The Bertz CT molecular complexity index is 1520. The average molecular weight is 562 g/mol. The third-order valence-corrected chi connectivity index (χ3v) is 8.49. The molecule has 204 valence electrons. The Balaban J connectivity index is 2.38. The molecule has 0 amide bonds. The highest BCUT2D eigenvalue weighted by Gasteiger charge is 2.25. The lowest BCUT2D eigenvalue weighted by Crippen LogP contribution is -2.42. The Labute approximate surface area is 224 Å². The third kappa shape index (κ3) is 6.20. The quantitative estimate of drug-likeness (QED) is 0.200. The molecule has 38 heavy (non-hydrogen) atoms. The van der Waals surface area contributed by atoms with Crippen LogP contribution in [0.25, 0.3) is 5.57 Å². The minimum absolute atomic E-state index is 0.111. The number of hydrogen-bond donors (Lipinski definition) is 2. The van der Waals surface area contributed by atoms with E-state index in [1.807, 2.05) is 26.0 Å². The molecule has 9 nitrogen and oxygen atoms in total. The lowest BCUT2D eigenvalue weighted by molar-refractivity contribution is -0.519. The molecule has 0 atom stereocenters. The fourth-order valence-corrected chi connectivity index (χ4v) is 5.67. The molecule has 0 spiro atoms. The molecule has 2 N–H and O–H groups in total. The summed E-state index contributed by atoms with van der Waals surface area (Å²) in [5, 5.41) is 13.1. The molecule has 2 aromatic carbocycles. The Morgan fingerprint density at radius 1 is 0.816 bits per heavy atom. The van der Waals surface area contributed by atoms with Gasteiger partial charge in [-0.25, -0.2) is 4.58 Å². The molecule has 1 aliphatic carbocycles. The summed E-state index contributed by atoms with van der Waals surface area (Å²) in [6, 6.07) is 9.50. The van der Waals surface area contributed by atoms with Gasteiger partial charge in [-0.15, -0.1) is 0 Å². The SMILES string of the molecule is CC[N+](CC)=C1C=CC(=C(c2ccc([N+]([O-])(CC)CC)cc2)c2cc(S(=O)(=O)O)ccc2S(=O)(=O)O)C=C1. The molecule has 0 unspecified atom stereocenters. The van der Waals surface area contributed by atoms with Crippen LogP contribution in [0.5, 0.6) is 0 Å². The van der Waals surface area contributed by atoms with Gasteiger partial charge in [-0.1, -0.05) is 0 Å². The Morgan fingerprint density at radius 2 is 1.37 bits per heavy atom. The maximum atomic E-state index is 13.1. The fourth-order valence-electron chi connectivity index (χ4n) is 4.48. The summed E-state index contributed by atoms with van der Waals surface area (Å²) in [4.78, 5) is -1.05. The molecular formula is C27H33N2O7S2+. The van der Waals surface area contributed by atoms with Gasteiger partial charge in [0.25, 0.3) is 20.2 Å². The van der Waals surface area contributed by atoms with Crippen LogP contribution >= 0.6 is 0 Å². The molecule has 0 saturated heterocycles. The van der Waals surface area contributed by atoms with Crippen LogP contribution in [0.4, 0.5) is 5.69 Å². The second-order valence-electron chi connectivity index (χ2n) is 8.77. The van der Waals surface area contributed by atoms with Crippen molar-refractivity contribution in [2.45, 2.75) is 37.5 Å². The largest absolute Gasteiger partial charge is 0.627 e. The normalized spacial score (nSPS) is 14.2. The predicted octanol–water partition coefficient (Wildman–Crippen LogP) is 4.45. The van der Waals surface area contributed by atoms with Gasteiger partial charge in [0.1, 0.15) is 23.7 Å². The van der Waals surface area contributed by atoms with Crippen molar-refractivity contribution in [1.29, 1.82) is 0 Å². The molecule has 0 aromatic heterocycles. The minimum atomic E-state index is -4.78. The summed E-state index contributed by atoms with van der Waals surface area (Å²) in [5.41, 5.74) is 2.67. The van der Waals surface area contributed by atoms with E-state index in [2.05, 4.69) is 4.58 Å². The third-order valence-electron chi connectivity index (χ3n) is 6.73. The monoisotopic (exact) mass is 561 g/mol. The van der Waals surface area contributed by atoms with Gasteiger partial charge in [0.05, 0.1) is 18.0 Å². The number of allylic oxidation sites excluding steroid dienone is 5. The molecule has 1 aliphatic rings. The van der Waals surface area contributed by atoms with E-state index in [0.717, 1.165) is 37.0 Å². The van der Waals surface area contributed by atoms with Gasteiger partial charge in [0, 0.05) is 29.8 Å². The van der Waals surface area contributed by atoms with Crippen LogP contribution in [-0.4, -0.2) is 62.4 Å². The van der Waals surface area contributed by atoms with Crippen LogP contribution < -0.4 is 4.65 Å². The molecule has 3 rings (SSSR count). The summed E-state index contributed by atoms with van der Waals surface area (Å²) < 4.78 is 69.8. The van der Waals surface area contributed by atoms with E-state index in [-0.39, 0.29) is 5.56 Å². The highest BCUT2D eigenvalue weighted by Crippen LogP contribution is 2.36. The van der Waals surface area contributed by atoms with Gasteiger partial charge in [-0.3, -0.25) is 9.11 Å². The van der Waals surface area contributed by atoms with Gasteiger partial charge in [-0.05, 0) is 86.9 Å². The molecule has 2 aromatic rings. The van der Waals surface area contributed by atoms with Crippen molar-refractivity contribution >= 4 is 37.2 Å². The van der Waals surface area contributed by atoms with Gasteiger partial charge < -0.3 is 9.85 Å². The highest BCUT2D eigenvalue weighted by molar-refractivity contribution is 7.86. The first-order chi connectivity index (χ1) is 17.8. The zero-order valence-electron chi connectivity index (χ0n) is 21.8. The van der Waals surface area contributed by atoms with Crippen molar-refractivity contribution in [3.05, 3.63) is 88.7 Å². The Kier molecular flexibility index (Phi) is 8.92. The fraction of sp³-hybridized carbons (Fsp3) is 0.296. The van der Waals surface area contributed by atoms with E-state index in [0.29, 0.717) is 35.5 Å². The first-order valence-corrected chi connectivity index (χ1v) is 15.2. The first-order valence-electron chi connectivity index (χ1n) is 12.3. The van der Waals surface area contributed by atoms with E-state index in [4.69, 9.17) is 0 Å². The average Bonchev–Trinajstić information content (AvgIpc) is 2.89. The summed E-state index contributed by atoms with van der Waals surface area (Å²) in [6.07, 6.45) is 7.28. The van der Waals surface area contributed by atoms with Gasteiger partial charge in [0.15, 0.2) is 5.71 Å². The highest BCUT2D eigenvalue weighted by atomic mass is 32.2. The summed E-state index contributed by atoms with van der Waals surface area (Å²) >= 11 is 0. The lowest BCUT2D eigenvalue weighted by Gasteiger charge is -2.40. The summed E-state index contributed by atoms with van der Waals surface area (Å²) in [5.74, 6) is 0. The second kappa shape index (κ2) is 11.4. The van der Waals surface area contributed by atoms with Crippen molar-refractivity contribution < 1.29 is 30.5 Å². The van der Waals surface area contributed by atoms with Crippen molar-refractivity contribution in [3.8, 4) is 0 Å². The van der Waals surface area contributed by atoms with Crippen molar-refractivity contribution in [2.24, 2.45) is 0 Å². The molecule has 0 radical (unpaired) electrons. The topological polar surface area (TPSA) is 135 Å². The van der Waals surface area contributed by atoms with Crippen molar-refractivity contribution in [2.75, 3.05) is 26.2 Å². The standard InChI is InChI=1S/C27H32N2O7S2/c1-5-28(6-2)22-13-9-20(10-14-22)27(21-11-15-23(16-12-21)29(30,7-3)8-4)25-19-24(37(31,32)33)17-18-26(25)38(34,35)36/h9-19H,5-8H2,1-4H3,(H-,31,32,33,34,35,36)/p+1. The Morgan fingerprint density at radius 3 is 1.82 bits per heavy atom. The number of hydroxylamine groups is 2. The minimum Gasteiger partial charge on any atom is -0.627 e. The van der Waals surface area contributed by atoms with Crippen molar-refractivity contribution in [3.63, 3.8) is 0 Å². The van der Waals surface area contributed by atoms with Gasteiger partial charge >= 0.3 is 0 Å². The molecule has 0 bridgehead atoms. The number of benzene rings is 2. The molecule has 0 fully saturated rings. The molecule has 0 saturated carbocycles. The maximum Gasteiger partial charge on any atom is 0.295 e. The number of hydrogen-bond acceptors (Lipinski definition) is 5. The predicted molar refractivity (Wildman–Crippen MR) is 149 cm³/mol. The van der Waals surface area contributed by atoms with E-state index in [1.54, 1.807) is 50.3 Å². The number of nitrogens with zero attached hydrogens (tertiary/aromatic N) is 2. The summed E-state index contributed by atoms with van der Waals surface area (Å²) in [6.45, 7) is 9.83. The first kappa shape index (κ1) is 29.6. The maximum absolute atomic E-state index is 13.1. The molecular weight excluding hydrogens is 528 g/mol. The Hall–Kier alpha value is -2.93. The van der Waals surface area contributed by atoms with Crippen LogP contribution in [0.3, 0.4) is 0 Å². The zero-order chi connectivity index (χ0) is 28.3. The second-order valence-corrected chi connectivity index (χ2v) is 11.6. The van der Waals surface area contributed by atoms with Crippen LogP contribution in [-0.2, 0) is 20.2 Å². The van der Waals surface area contributed by atoms with E-state index >= 15 is 0 Å². The van der Waals surface area contributed by atoms with Gasteiger partial charge in [0.2, 0.25) is 0 Å². The lowest BCUT2D eigenvalue weighted by atomic mass is 9.90. The number of rotatable bonds is 9. The van der Waals surface area contributed by atoms with E-state index in [9.17, 15) is 31.1 Å². The van der Waals surface area contributed by atoms with Crippen LogP contribution in [0.15, 0.2) is 82.1 Å². The molecule has 11 heteroatoms. The van der Waals surface area contributed by atoms with Crippen molar-refractivity contribution in [1.82, 2.24) is 4.65 Å². The smallest absolute Gasteiger partial charge is 0.295 e. The molecule has 0 heterocycles. The summed E-state index contributed by atoms with van der Waals surface area (Å²) in [7, 11) is -9.47. The van der Waals surface area contributed by atoms with Crippen LogP contribution in [0, 0.1) is 5.21 Å². The van der Waals surface area contributed by atoms with E-state index < -0.39 is 34.7 Å². The number of quaternary nitrogens is 1. The van der Waals surface area contributed by atoms with E-state index in [1.165, 1.54) is 0 Å². The zero-order valence-corrected chi connectivity index (χ0v) is 23.5. The van der Waals surface area contributed by atoms with Gasteiger partial charge in [-0.2, -0.15) is 16.8 Å². The van der Waals surface area contributed by atoms with Crippen LogP contribution in [0.1, 0.15) is 38.8 Å².